The molecule has 5 nitrogen and oxygen atoms in total. The summed E-state index contributed by atoms with van der Waals surface area (Å²) in [7, 11) is 0. The highest BCUT2D eigenvalue weighted by atomic mass is 35.5. The maximum atomic E-state index is 10.5. The Balaban J connectivity index is 2.15. The van der Waals surface area contributed by atoms with Gasteiger partial charge < -0.3 is 10.4 Å². The van der Waals surface area contributed by atoms with Gasteiger partial charge in [-0.25, -0.2) is 9.97 Å². The summed E-state index contributed by atoms with van der Waals surface area (Å²) in [5, 5.41) is 12.7. The molecule has 2 rings (SSSR count). The standard InChI is InChI=1S/C15H16ClN3O2S/c1-9-4-3-5-11(10(9)2)17-13-8-12(16)18-15(19-13)22-7-6-14(20)21/h3-5,8H,6-7H2,1-2H3,(H,20,21)(H,17,18,19). The number of rotatable bonds is 6. The van der Waals surface area contributed by atoms with Gasteiger partial charge in [-0.05, 0) is 31.0 Å². The van der Waals surface area contributed by atoms with Crippen LogP contribution in [0.1, 0.15) is 17.5 Å². The third-order valence-electron chi connectivity index (χ3n) is 3.09. The van der Waals surface area contributed by atoms with Crippen LogP contribution in [0, 0.1) is 13.8 Å². The minimum absolute atomic E-state index is 0.0558. The number of carboxylic acids is 1. The van der Waals surface area contributed by atoms with Crippen LogP contribution < -0.4 is 5.32 Å². The van der Waals surface area contributed by atoms with Crippen LogP contribution in [0.5, 0.6) is 0 Å². The summed E-state index contributed by atoms with van der Waals surface area (Å²) in [5.41, 5.74) is 3.27. The van der Waals surface area contributed by atoms with Crippen molar-refractivity contribution < 1.29 is 9.90 Å². The van der Waals surface area contributed by atoms with Gasteiger partial charge in [-0.3, -0.25) is 4.79 Å². The smallest absolute Gasteiger partial charge is 0.304 e. The minimum Gasteiger partial charge on any atom is -0.481 e. The van der Waals surface area contributed by atoms with E-state index in [2.05, 4.69) is 15.3 Å². The van der Waals surface area contributed by atoms with E-state index in [0.29, 0.717) is 21.9 Å². The maximum absolute atomic E-state index is 10.5. The summed E-state index contributed by atoms with van der Waals surface area (Å²) in [5.74, 6) is 0.147. The molecule has 0 aliphatic carbocycles. The molecule has 0 saturated carbocycles. The van der Waals surface area contributed by atoms with Crippen molar-refractivity contribution in [3.05, 3.63) is 40.5 Å². The van der Waals surface area contributed by atoms with Crippen molar-refractivity contribution in [3.8, 4) is 0 Å². The average molecular weight is 338 g/mol. The first-order valence-electron chi connectivity index (χ1n) is 6.68. The van der Waals surface area contributed by atoms with Crippen molar-refractivity contribution in [2.75, 3.05) is 11.1 Å². The molecule has 0 aliphatic heterocycles. The monoisotopic (exact) mass is 337 g/mol. The molecule has 0 amide bonds. The fourth-order valence-corrected chi connectivity index (χ4v) is 2.80. The van der Waals surface area contributed by atoms with Crippen LogP contribution in [0.3, 0.4) is 0 Å². The molecule has 1 aromatic heterocycles. The van der Waals surface area contributed by atoms with Crippen LogP contribution in [0.2, 0.25) is 5.15 Å². The lowest BCUT2D eigenvalue weighted by Gasteiger charge is -2.11. The van der Waals surface area contributed by atoms with E-state index in [-0.39, 0.29) is 6.42 Å². The second-order valence-corrected chi connectivity index (χ2v) is 6.17. The maximum Gasteiger partial charge on any atom is 0.304 e. The van der Waals surface area contributed by atoms with E-state index in [1.54, 1.807) is 6.07 Å². The first-order chi connectivity index (χ1) is 10.5. The van der Waals surface area contributed by atoms with Gasteiger partial charge in [0, 0.05) is 17.5 Å². The Bertz CT molecular complexity index is 694. The van der Waals surface area contributed by atoms with Gasteiger partial charge in [-0.1, -0.05) is 35.5 Å². The first kappa shape index (κ1) is 16.6. The zero-order chi connectivity index (χ0) is 16.1. The molecule has 2 aromatic rings. The molecule has 1 aromatic carbocycles. The fraction of sp³-hybridized carbons (Fsp3) is 0.267. The van der Waals surface area contributed by atoms with E-state index in [1.165, 1.54) is 17.3 Å². The van der Waals surface area contributed by atoms with E-state index in [1.807, 2.05) is 32.0 Å². The Hall–Kier alpha value is -1.79. The molecule has 7 heteroatoms. The number of aliphatic carboxylic acids is 1. The van der Waals surface area contributed by atoms with Crippen LogP contribution in [0.25, 0.3) is 0 Å². The molecule has 0 aliphatic rings. The number of nitrogens with one attached hydrogen (secondary N) is 1. The number of nitrogens with zero attached hydrogens (tertiary/aromatic N) is 2. The molecule has 116 valence electrons. The molecule has 0 fully saturated rings. The molecule has 0 bridgehead atoms. The highest BCUT2D eigenvalue weighted by Gasteiger charge is 2.07. The summed E-state index contributed by atoms with van der Waals surface area (Å²) in [6.07, 6.45) is 0.0558. The number of halogens is 1. The number of anilines is 2. The van der Waals surface area contributed by atoms with Gasteiger partial charge in [-0.15, -0.1) is 0 Å². The van der Waals surface area contributed by atoms with Crippen LogP contribution in [0.15, 0.2) is 29.4 Å². The average Bonchev–Trinajstić information content (AvgIpc) is 2.43. The zero-order valence-electron chi connectivity index (χ0n) is 12.3. The molecular formula is C15H16ClN3O2S. The highest BCUT2D eigenvalue weighted by Crippen LogP contribution is 2.25. The normalized spacial score (nSPS) is 10.5. The lowest BCUT2D eigenvalue weighted by Crippen LogP contribution is -2.01. The first-order valence-corrected chi connectivity index (χ1v) is 8.04. The number of aryl methyl sites for hydroxylation is 1. The lowest BCUT2D eigenvalue weighted by atomic mass is 10.1. The summed E-state index contributed by atoms with van der Waals surface area (Å²) in [6, 6.07) is 7.62. The second-order valence-electron chi connectivity index (χ2n) is 4.72. The second kappa shape index (κ2) is 7.47. The van der Waals surface area contributed by atoms with Crippen molar-refractivity contribution >= 4 is 40.8 Å². The minimum atomic E-state index is -0.844. The number of thioether (sulfide) groups is 1. The van der Waals surface area contributed by atoms with E-state index in [4.69, 9.17) is 16.7 Å². The van der Waals surface area contributed by atoms with Crippen molar-refractivity contribution in [1.29, 1.82) is 0 Å². The van der Waals surface area contributed by atoms with Gasteiger partial charge in [0.25, 0.3) is 0 Å². The van der Waals surface area contributed by atoms with Gasteiger partial charge in [0.05, 0.1) is 6.42 Å². The predicted octanol–water partition coefficient (Wildman–Crippen LogP) is 4.06. The summed E-state index contributed by atoms with van der Waals surface area (Å²) in [4.78, 5) is 19.0. The Kier molecular flexibility index (Phi) is 5.63. The largest absolute Gasteiger partial charge is 0.481 e. The van der Waals surface area contributed by atoms with Crippen molar-refractivity contribution in [2.45, 2.75) is 25.4 Å². The molecule has 1 heterocycles. The topological polar surface area (TPSA) is 75.1 Å². The van der Waals surface area contributed by atoms with Crippen molar-refractivity contribution in [3.63, 3.8) is 0 Å². The van der Waals surface area contributed by atoms with Gasteiger partial charge in [-0.2, -0.15) is 0 Å². The predicted molar refractivity (Wildman–Crippen MR) is 89.2 cm³/mol. The number of benzene rings is 1. The number of aromatic nitrogens is 2. The molecule has 0 spiro atoms. The molecule has 2 N–H and O–H groups in total. The van der Waals surface area contributed by atoms with Crippen LogP contribution in [-0.4, -0.2) is 26.8 Å². The summed E-state index contributed by atoms with van der Waals surface area (Å²) < 4.78 is 0. The Labute approximate surface area is 138 Å². The SMILES string of the molecule is Cc1cccc(Nc2cc(Cl)nc(SCCC(=O)O)n2)c1C. The zero-order valence-corrected chi connectivity index (χ0v) is 13.8. The molecule has 0 saturated heterocycles. The van der Waals surface area contributed by atoms with Gasteiger partial charge in [0.2, 0.25) is 0 Å². The van der Waals surface area contributed by atoms with Crippen molar-refractivity contribution in [1.82, 2.24) is 9.97 Å². The Morgan fingerprint density at radius 1 is 1.36 bits per heavy atom. The molecule has 0 atom stereocenters. The molecule has 0 unspecified atom stereocenters. The van der Waals surface area contributed by atoms with E-state index < -0.39 is 5.97 Å². The summed E-state index contributed by atoms with van der Waals surface area (Å²) >= 11 is 7.28. The number of hydrogen-bond donors (Lipinski definition) is 2. The van der Waals surface area contributed by atoms with E-state index >= 15 is 0 Å². The number of hydrogen-bond acceptors (Lipinski definition) is 5. The number of carbonyl (C=O) groups is 1. The molecule has 22 heavy (non-hydrogen) atoms. The molecule has 0 radical (unpaired) electrons. The summed E-state index contributed by atoms with van der Waals surface area (Å²) in [6.45, 7) is 4.07. The quantitative estimate of drug-likeness (QED) is 0.470. The van der Waals surface area contributed by atoms with E-state index in [9.17, 15) is 4.79 Å². The fourth-order valence-electron chi connectivity index (χ4n) is 1.78. The Morgan fingerprint density at radius 3 is 2.86 bits per heavy atom. The van der Waals surface area contributed by atoms with Crippen LogP contribution in [-0.2, 0) is 4.79 Å². The van der Waals surface area contributed by atoms with Gasteiger partial charge in [0.15, 0.2) is 5.16 Å². The van der Waals surface area contributed by atoms with Crippen LogP contribution >= 0.6 is 23.4 Å². The van der Waals surface area contributed by atoms with Gasteiger partial charge >= 0.3 is 5.97 Å². The van der Waals surface area contributed by atoms with E-state index in [0.717, 1.165) is 11.3 Å². The molecular weight excluding hydrogens is 322 g/mol. The number of carboxylic acid groups (broad SMARTS) is 1. The van der Waals surface area contributed by atoms with Crippen LogP contribution in [0.4, 0.5) is 11.5 Å². The lowest BCUT2D eigenvalue weighted by molar-refractivity contribution is -0.136. The third-order valence-corrected chi connectivity index (χ3v) is 4.13. The highest BCUT2D eigenvalue weighted by molar-refractivity contribution is 7.99. The van der Waals surface area contributed by atoms with Crippen molar-refractivity contribution in [2.24, 2.45) is 0 Å². The third kappa shape index (κ3) is 4.61. The Morgan fingerprint density at radius 2 is 2.14 bits per heavy atom. The van der Waals surface area contributed by atoms with Gasteiger partial charge in [0.1, 0.15) is 11.0 Å².